The maximum absolute atomic E-state index is 12.3. The zero-order valence-electron chi connectivity index (χ0n) is 12.6. The van der Waals surface area contributed by atoms with Crippen molar-refractivity contribution in [2.75, 3.05) is 27.3 Å². The second kappa shape index (κ2) is 7.87. The molecule has 0 aliphatic carbocycles. The van der Waals surface area contributed by atoms with E-state index in [-0.39, 0.29) is 18.1 Å². The first-order valence-corrected chi connectivity index (χ1v) is 6.70. The van der Waals surface area contributed by atoms with Gasteiger partial charge in [0, 0.05) is 32.3 Å². The van der Waals surface area contributed by atoms with Crippen LogP contribution in [0.25, 0.3) is 0 Å². The van der Waals surface area contributed by atoms with E-state index in [2.05, 4.69) is 0 Å². The Labute approximate surface area is 120 Å². The van der Waals surface area contributed by atoms with E-state index >= 15 is 0 Å². The lowest BCUT2D eigenvalue weighted by Crippen LogP contribution is -2.41. The van der Waals surface area contributed by atoms with Crippen LogP contribution in [0, 0.1) is 0 Å². The van der Waals surface area contributed by atoms with Crippen molar-refractivity contribution in [2.45, 2.75) is 26.0 Å². The summed E-state index contributed by atoms with van der Waals surface area (Å²) in [5, 5.41) is 0. The Morgan fingerprint density at radius 1 is 1.40 bits per heavy atom. The van der Waals surface area contributed by atoms with Crippen molar-refractivity contribution >= 4 is 5.91 Å². The summed E-state index contributed by atoms with van der Waals surface area (Å²) < 4.78 is 10.6. The van der Waals surface area contributed by atoms with Crippen LogP contribution in [0.2, 0.25) is 0 Å². The highest BCUT2D eigenvalue weighted by molar-refractivity contribution is 5.94. The fraction of sp³-hybridized carbons (Fsp3) is 0.533. The van der Waals surface area contributed by atoms with Gasteiger partial charge in [0.25, 0.3) is 5.91 Å². The molecule has 0 radical (unpaired) electrons. The molecule has 5 nitrogen and oxygen atoms in total. The Balaban J connectivity index is 2.71. The highest BCUT2D eigenvalue weighted by Crippen LogP contribution is 2.16. The van der Waals surface area contributed by atoms with Crippen LogP contribution < -0.4 is 10.5 Å². The zero-order valence-corrected chi connectivity index (χ0v) is 12.6. The lowest BCUT2D eigenvalue weighted by atomic mass is 10.2. The van der Waals surface area contributed by atoms with E-state index in [0.29, 0.717) is 24.5 Å². The first kappa shape index (κ1) is 16.5. The number of hydrogen-bond acceptors (Lipinski definition) is 4. The summed E-state index contributed by atoms with van der Waals surface area (Å²) >= 11 is 0. The predicted molar refractivity (Wildman–Crippen MR) is 79.0 cm³/mol. The minimum atomic E-state index is -0.191. The largest absolute Gasteiger partial charge is 0.491 e. The maximum atomic E-state index is 12.3. The average Bonchev–Trinajstić information content (AvgIpc) is 2.37. The van der Waals surface area contributed by atoms with Crippen LogP contribution in [0.15, 0.2) is 24.3 Å². The highest BCUT2D eigenvalue weighted by Gasteiger charge is 2.15. The van der Waals surface area contributed by atoms with Gasteiger partial charge in [-0.3, -0.25) is 4.79 Å². The fourth-order valence-corrected chi connectivity index (χ4v) is 1.90. The number of carbonyl (C=O) groups excluding carboxylic acids is 1. The van der Waals surface area contributed by atoms with Crippen LogP contribution in [0.5, 0.6) is 5.75 Å². The number of rotatable bonds is 7. The monoisotopic (exact) mass is 280 g/mol. The predicted octanol–water partition coefficient (Wildman–Crippen LogP) is 1.52. The van der Waals surface area contributed by atoms with Crippen LogP contribution in [0.1, 0.15) is 24.2 Å². The molecule has 0 heterocycles. The van der Waals surface area contributed by atoms with Gasteiger partial charge in [-0.25, -0.2) is 0 Å². The van der Waals surface area contributed by atoms with Crippen LogP contribution in [-0.4, -0.2) is 50.3 Å². The van der Waals surface area contributed by atoms with Gasteiger partial charge in [0.15, 0.2) is 0 Å². The molecule has 0 saturated carbocycles. The molecule has 0 aliphatic rings. The number of benzene rings is 1. The lowest BCUT2D eigenvalue weighted by molar-refractivity contribution is 0.0764. The Bertz CT molecular complexity index is 435. The molecule has 2 N–H and O–H groups in total. The zero-order chi connectivity index (χ0) is 15.1. The number of ether oxygens (including phenoxy) is 2. The van der Waals surface area contributed by atoms with Gasteiger partial charge >= 0.3 is 0 Å². The van der Waals surface area contributed by atoms with Crippen LogP contribution in [0.4, 0.5) is 0 Å². The van der Waals surface area contributed by atoms with E-state index in [4.69, 9.17) is 15.2 Å². The van der Waals surface area contributed by atoms with Gasteiger partial charge in [-0.2, -0.15) is 0 Å². The van der Waals surface area contributed by atoms with Crippen molar-refractivity contribution in [2.24, 2.45) is 5.73 Å². The third kappa shape index (κ3) is 5.19. The van der Waals surface area contributed by atoms with Gasteiger partial charge in [-0.1, -0.05) is 6.07 Å². The number of carbonyl (C=O) groups is 1. The summed E-state index contributed by atoms with van der Waals surface area (Å²) in [6.45, 7) is 4.77. The van der Waals surface area contributed by atoms with Crippen molar-refractivity contribution in [3.63, 3.8) is 0 Å². The molecule has 0 aliphatic heterocycles. The lowest BCUT2D eigenvalue weighted by Gasteiger charge is -2.21. The second-order valence-electron chi connectivity index (χ2n) is 5.10. The van der Waals surface area contributed by atoms with Crippen LogP contribution >= 0.6 is 0 Å². The maximum Gasteiger partial charge on any atom is 0.253 e. The number of amides is 1. The minimum Gasteiger partial charge on any atom is -0.491 e. The third-order valence-corrected chi connectivity index (χ3v) is 2.69. The van der Waals surface area contributed by atoms with Gasteiger partial charge in [0.1, 0.15) is 5.75 Å². The van der Waals surface area contributed by atoms with Crippen LogP contribution in [-0.2, 0) is 4.74 Å². The van der Waals surface area contributed by atoms with E-state index in [1.165, 1.54) is 0 Å². The van der Waals surface area contributed by atoms with E-state index < -0.39 is 0 Å². The van der Waals surface area contributed by atoms with Crippen molar-refractivity contribution in [3.05, 3.63) is 29.8 Å². The molecule has 1 aromatic carbocycles. The van der Waals surface area contributed by atoms with Gasteiger partial charge in [0.05, 0.1) is 12.7 Å². The Kier molecular flexibility index (Phi) is 6.48. The number of likely N-dealkylation sites (N-methyl/N-ethyl adjacent to an activating group) is 1. The first-order chi connectivity index (χ1) is 9.43. The molecule has 0 aromatic heterocycles. The molecule has 1 rings (SSSR count). The minimum absolute atomic E-state index is 0.0770. The van der Waals surface area contributed by atoms with Gasteiger partial charge < -0.3 is 20.1 Å². The third-order valence-electron chi connectivity index (χ3n) is 2.69. The molecular formula is C15H24N2O3. The van der Waals surface area contributed by atoms with E-state index in [1.54, 1.807) is 31.2 Å². The molecule has 20 heavy (non-hydrogen) atoms. The standard InChI is InChI=1S/C15H24N2O3/c1-11(2)20-14-7-5-6-12(8-14)15(18)17(3)9-13(16)10-19-4/h5-8,11,13H,9-10,16H2,1-4H3. The summed E-state index contributed by atoms with van der Waals surface area (Å²) in [6.07, 6.45) is 0.0770. The summed E-state index contributed by atoms with van der Waals surface area (Å²) in [7, 11) is 3.32. The molecule has 1 amide bonds. The molecule has 0 saturated heterocycles. The number of nitrogens with zero attached hydrogens (tertiary/aromatic N) is 1. The topological polar surface area (TPSA) is 64.8 Å². The quantitative estimate of drug-likeness (QED) is 0.822. The SMILES string of the molecule is COCC(N)CN(C)C(=O)c1cccc(OC(C)C)c1. The fourth-order valence-electron chi connectivity index (χ4n) is 1.90. The van der Waals surface area contributed by atoms with E-state index in [0.717, 1.165) is 0 Å². The second-order valence-corrected chi connectivity index (χ2v) is 5.10. The summed E-state index contributed by atoms with van der Waals surface area (Å²) in [4.78, 5) is 13.9. The molecule has 0 bridgehead atoms. The molecule has 1 unspecified atom stereocenters. The summed E-state index contributed by atoms with van der Waals surface area (Å²) in [5.41, 5.74) is 6.45. The number of hydrogen-bond donors (Lipinski definition) is 1. The van der Waals surface area contributed by atoms with Crippen molar-refractivity contribution in [1.29, 1.82) is 0 Å². The molecule has 112 valence electrons. The number of nitrogens with two attached hydrogens (primary N) is 1. The normalized spacial score (nSPS) is 12.3. The molecular weight excluding hydrogens is 256 g/mol. The number of methoxy groups -OCH3 is 1. The van der Waals surface area contributed by atoms with Crippen LogP contribution in [0.3, 0.4) is 0 Å². The smallest absolute Gasteiger partial charge is 0.253 e. The van der Waals surface area contributed by atoms with Gasteiger partial charge in [0.2, 0.25) is 0 Å². The molecule has 1 aromatic rings. The van der Waals surface area contributed by atoms with Crippen molar-refractivity contribution in [3.8, 4) is 5.75 Å². The Hall–Kier alpha value is -1.59. The van der Waals surface area contributed by atoms with Crippen molar-refractivity contribution in [1.82, 2.24) is 4.90 Å². The van der Waals surface area contributed by atoms with E-state index in [1.807, 2.05) is 26.0 Å². The van der Waals surface area contributed by atoms with Gasteiger partial charge in [-0.15, -0.1) is 0 Å². The average molecular weight is 280 g/mol. The first-order valence-electron chi connectivity index (χ1n) is 6.70. The molecule has 5 heteroatoms. The molecule has 0 fully saturated rings. The summed E-state index contributed by atoms with van der Waals surface area (Å²) in [6, 6.07) is 6.99. The Morgan fingerprint density at radius 3 is 2.70 bits per heavy atom. The van der Waals surface area contributed by atoms with Gasteiger partial charge in [-0.05, 0) is 32.0 Å². The highest BCUT2D eigenvalue weighted by atomic mass is 16.5. The molecule has 0 spiro atoms. The molecule has 1 atom stereocenters. The Morgan fingerprint density at radius 2 is 2.10 bits per heavy atom. The van der Waals surface area contributed by atoms with Crippen molar-refractivity contribution < 1.29 is 14.3 Å². The van der Waals surface area contributed by atoms with E-state index in [9.17, 15) is 4.79 Å². The summed E-state index contributed by atoms with van der Waals surface area (Å²) in [5.74, 6) is 0.617.